The van der Waals surface area contributed by atoms with Gasteiger partial charge in [-0.25, -0.2) is 10.2 Å². The second kappa shape index (κ2) is 7.07. The van der Waals surface area contributed by atoms with Gasteiger partial charge in [-0.3, -0.25) is 0 Å². The lowest BCUT2D eigenvalue weighted by molar-refractivity contribution is 0.252. The van der Waals surface area contributed by atoms with Crippen LogP contribution in [0.1, 0.15) is 5.56 Å². The molecule has 2 aromatic carbocycles. The van der Waals surface area contributed by atoms with Crippen LogP contribution in [-0.2, 0) is 0 Å². The van der Waals surface area contributed by atoms with E-state index in [9.17, 15) is 4.79 Å². The van der Waals surface area contributed by atoms with Gasteiger partial charge in [-0.2, -0.15) is 5.10 Å². The number of carbonyl (C=O) groups excluding carboxylic acids is 1. The van der Waals surface area contributed by atoms with Crippen LogP contribution in [0.4, 0.5) is 10.5 Å². The molecular formula is C14H11BrClN3O. The monoisotopic (exact) mass is 351 g/mol. The molecule has 20 heavy (non-hydrogen) atoms. The predicted molar refractivity (Wildman–Crippen MR) is 85.3 cm³/mol. The average molecular weight is 353 g/mol. The number of benzene rings is 2. The third-order valence-electron chi connectivity index (χ3n) is 2.33. The summed E-state index contributed by atoms with van der Waals surface area (Å²) in [4.78, 5) is 11.6. The summed E-state index contributed by atoms with van der Waals surface area (Å²) < 4.78 is 0.987. The summed E-state index contributed by atoms with van der Waals surface area (Å²) in [7, 11) is 0. The summed E-state index contributed by atoms with van der Waals surface area (Å²) in [6, 6.07) is 14.0. The van der Waals surface area contributed by atoms with Crippen LogP contribution in [0, 0.1) is 0 Å². The first-order chi connectivity index (χ1) is 9.63. The Bertz CT molecular complexity index is 629. The summed E-state index contributed by atoms with van der Waals surface area (Å²) in [6.45, 7) is 0. The minimum atomic E-state index is -0.430. The molecule has 2 N–H and O–H groups in total. The molecule has 0 aliphatic heterocycles. The molecule has 0 aliphatic carbocycles. The second-order valence-electron chi connectivity index (χ2n) is 3.89. The van der Waals surface area contributed by atoms with Gasteiger partial charge < -0.3 is 5.32 Å². The van der Waals surface area contributed by atoms with Crippen molar-refractivity contribution in [1.82, 2.24) is 5.43 Å². The SMILES string of the molecule is O=C(N/N=C\c1ccc(Br)cc1)Nc1cccc(Cl)c1. The van der Waals surface area contributed by atoms with Gasteiger partial charge >= 0.3 is 6.03 Å². The first-order valence-electron chi connectivity index (χ1n) is 5.75. The zero-order valence-corrected chi connectivity index (χ0v) is 12.6. The summed E-state index contributed by atoms with van der Waals surface area (Å²) in [5.74, 6) is 0. The number of nitrogens with zero attached hydrogens (tertiary/aromatic N) is 1. The Morgan fingerprint density at radius 2 is 1.95 bits per heavy atom. The van der Waals surface area contributed by atoms with Crippen LogP contribution < -0.4 is 10.7 Å². The molecule has 2 rings (SSSR count). The Morgan fingerprint density at radius 1 is 1.20 bits per heavy atom. The number of hydrogen-bond donors (Lipinski definition) is 2. The van der Waals surface area contributed by atoms with Crippen molar-refractivity contribution in [2.45, 2.75) is 0 Å². The highest BCUT2D eigenvalue weighted by atomic mass is 79.9. The molecule has 0 aliphatic rings. The topological polar surface area (TPSA) is 53.5 Å². The van der Waals surface area contributed by atoms with E-state index in [1.165, 1.54) is 0 Å². The molecular weight excluding hydrogens is 342 g/mol. The number of anilines is 1. The van der Waals surface area contributed by atoms with Crippen LogP contribution in [-0.4, -0.2) is 12.2 Å². The molecule has 2 aromatic rings. The molecule has 0 aromatic heterocycles. The van der Waals surface area contributed by atoms with Crippen molar-refractivity contribution < 1.29 is 4.79 Å². The fourth-order valence-electron chi connectivity index (χ4n) is 1.44. The van der Waals surface area contributed by atoms with E-state index in [0.29, 0.717) is 10.7 Å². The fourth-order valence-corrected chi connectivity index (χ4v) is 1.89. The number of hydrazone groups is 1. The molecule has 2 amide bonds. The lowest BCUT2D eigenvalue weighted by atomic mass is 10.2. The minimum absolute atomic E-state index is 0.430. The van der Waals surface area contributed by atoms with E-state index in [4.69, 9.17) is 11.6 Å². The van der Waals surface area contributed by atoms with E-state index in [1.54, 1.807) is 30.5 Å². The lowest BCUT2D eigenvalue weighted by Crippen LogP contribution is -2.24. The predicted octanol–water partition coefficient (Wildman–Crippen LogP) is 4.26. The number of nitrogens with one attached hydrogen (secondary N) is 2. The quantitative estimate of drug-likeness (QED) is 0.629. The Morgan fingerprint density at radius 3 is 2.65 bits per heavy atom. The summed E-state index contributed by atoms with van der Waals surface area (Å²) >= 11 is 9.16. The van der Waals surface area contributed by atoms with Gasteiger partial charge in [0, 0.05) is 15.2 Å². The first kappa shape index (κ1) is 14.6. The van der Waals surface area contributed by atoms with Crippen LogP contribution in [0.3, 0.4) is 0 Å². The molecule has 0 bridgehead atoms. The van der Waals surface area contributed by atoms with Crippen LogP contribution in [0.25, 0.3) is 0 Å². The van der Waals surface area contributed by atoms with Crippen LogP contribution in [0.5, 0.6) is 0 Å². The number of halogens is 2. The Hall–Kier alpha value is -1.85. The first-order valence-corrected chi connectivity index (χ1v) is 6.92. The molecule has 0 saturated carbocycles. The van der Waals surface area contributed by atoms with Crippen LogP contribution in [0.15, 0.2) is 58.1 Å². The Labute approximate surface area is 130 Å². The van der Waals surface area contributed by atoms with E-state index in [2.05, 4.69) is 31.8 Å². The van der Waals surface area contributed by atoms with E-state index in [-0.39, 0.29) is 0 Å². The number of urea groups is 1. The standard InChI is InChI=1S/C14H11BrClN3O/c15-11-6-4-10(5-7-11)9-17-19-14(20)18-13-3-1-2-12(16)8-13/h1-9H,(H2,18,19,20)/b17-9-. The van der Waals surface area contributed by atoms with Crippen molar-refractivity contribution in [3.05, 3.63) is 63.6 Å². The molecule has 6 heteroatoms. The largest absolute Gasteiger partial charge is 0.339 e. The fraction of sp³-hybridized carbons (Fsp3) is 0. The number of hydrogen-bond acceptors (Lipinski definition) is 2. The molecule has 4 nitrogen and oxygen atoms in total. The number of amides is 2. The molecule has 0 fully saturated rings. The van der Waals surface area contributed by atoms with Crippen molar-refractivity contribution in [3.8, 4) is 0 Å². The van der Waals surface area contributed by atoms with Crippen molar-refractivity contribution in [2.24, 2.45) is 5.10 Å². The highest BCUT2D eigenvalue weighted by Gasteiger charge is 1.99. The number of carbonyl (C=O) groups is 1. The van der Waals surface area contributed by atoms with Gasteiger partial charge in [0.2, 0.25) is 0 Å². The maximum atomic E-state index is 11.6. The van der Waals surface area contributed by atoms with Crippen molar-refractivity contribution in [3.63, 3.8) is 0 Å². The Kier molecular flexibility index (Phi) is 5.15. The van der Waals surface area contributed by atoms with Gasteiger partial charge in [-0.15, -0.1) is 0 Å². The third kappa shape index (κ3) is 4.68. The smallest absolute Gasteiger partial charge is 0.306 e. The van der Waals surface area contributed by atoms with E-state index in [0.717, 1.165) is 10.0 Å². The highest BCUT2D eigenvalue weighted by molar-refractivity contribution is 9.10. The molecule has 0 heterocycles. The minimum Gasteiger partial charge on any atom is -0.306 e. The molecule has 0 unspecified atom stereocenters. The molecule has 0 atom stereocenters. The normalized spacial score (nSPS) is 10.5. The van der Waals surface area contributed by atoms with Gasteiger partial charge in [0.1, 0.15) is 0 Å². The van der Waals surface area contributed by atoms with Gasteiger partial charge in [0.15, 0.2) is 0 Å². The maximum absolute atomic E-state index is 11.6. The van der Waals surface area contributed by atoms with Crippen LogP contribution in [0.2, 0.25) is 5.02 Å². The van der Waals surface area contributed by atoms with Crippen molar-refractivity contribution >= 4 is 45.5 Å². The summed E-state index contributed by atoms with van der Waals surface area (Å²) in [6.07, 6.45) is 1.56. The molecule has 0 spiro atoms. The van der Waals surface area contributed by atoms with E-state index >= 15 is 0 Å². The number of rotatable bonds is 3. The third-order valence-corrected chi connectivity index (χ3v) is 3.10. The Balaban J connectivity index is 1.87. The average Bonchev–Trinajstić information content (AvgIpc) is 2.41. The van der Waals surface area contributed by atoms with E-state index < -0.39 is 6.03 Å². The second-order valence-corrected chi connectivity index (χ2v) is 5.24. The summed E-state index contributed by atoms with van der Waals surface area (Å²) in [5.41, 5.74) is 3.87. The zero-order chi connectivity index (χ0) is 14.4. The maximum Gasteiger partial charge on any atom is 0.339 e. The zero-order valence-electron chi connectivity index (χ0n) is 10.3. The van der Waals surface area contributed by atoms with Gasteiger partial charge in [-0.05, 0) is 35.9 Å². The van der Waals surface area contributed by atoms with Gasteiger partial charge in [-0.1, -0.05) is 45.7 Å². The van der Waals surface area contributed by atoms with Gasteiger partial charge in [0.05, 0.1) is 6.21 Å². The molecule has 102 valence electrons. The van der Waals surface area contributed by atoms with Gasteiger partial charge in [0.25, 0.3) is 0 Å². The molecule has 0 radical (unpaired) electrons. The van der Waals surface area contributed by atoms with Crippen LogP contribution >= 0.6 is 27.5 Å². The highest BCUT2D eigenvalue weighted by Crippen LogP contribution is 2.14. The van der Waals surface area contributed by atoms with E-state index in [1.807, 2.05) is 24.3 Å². The lowest BCUT2D eigenvalue weighted by Gasteiger charge is -2.04. The molecule has 0 saturated heterocycles. The van der Waals surface area contributed by atoms with Crippen molar-refractivity contribution in [2.75, 3.05) is 5.32 Å². The van der Waals surface area contributed by atoms with Crippen molar-refractivity contribution in [1.29, 1.82) is 0 Å². The summed E-state index contributed by atoms with van der Waals surface area (Å²) in [5, 5.41) is 7.03.